The van der Waals surface area contributed by atoms with Crippen LogP contribution >= 0.6 is 0 Å². The van der Waals surface area contributed by atoms with Crippen LogP contribution in [0.15, 0.2) is 42.6 Å². The Bertz CT molecular complexity index is 914. The highest BCUT2D eigenvalue weighted by Crippen LogP contribution is 2.35. The first-order valence-electron chi connectivity index (χ1n) is 9.65. The minimum atomic E-state index is 0.0772. The summed E-state index contributed by atoms with van der Waals surface area (Å²) in [4.78, 5) is 4.61. The number of aryl methyl sites for hydroxylation is 2. The van der Waals surface area contributed by atoms with Crippen LogP contribution < -0.4 is 11.1 Å². The smallest absolute Gasteiger partial charge is 0.0912 e. The van der Waals surface area contributed by atoms with E-state index in [2.05, 4.69) is 32.7 Å². The van der Waals surface area contributed by atoms with Crippen LogP contribution in [-0.4, -0.2) is 33.2 Å². The number of anilines is 2. The lowest BCUT2D eigenvalue weighted by molar-refractivity contribution is 0.0601. The third kappa shape index (κ3) is 3.71. The lowest BCUT2D eigenvalue weighted by Gasteiger charge is -2.31. The number of ether oxygens (including phenoxy) is 1. The van der Waals surface area contributed by atoms with Gasteiger partial charge in [0.05, 0.1) is 34.5 Å². The maximum Gasteiger partial charge on any atom is 0.0912 e. The summed E-state index contributed by atoms with van der Waals surface area (Å²) < 4.78 is 7.36. The maximum atomic E-state index is 6.33. The van der Waals surface area contributed by atoms with Gasteiger partial charge in [0.25, 0.3) is 0 Å². The lowest BCUT2D eigenvalue weighted by atomic mass is 9.89. The quantitative estimate of drug-likeness (QED) is 0.662. The van der Waals surface area contributed by atoms with Gasteiger partial charge in [-0.3, -0.25) is 4.98 Å². The molecule has 28 heavy (non-hydrogen) atoms. The fourth-order valence-corrected chi connectivity index (χ4v) is 3.89. The molecule has 146 valence electrons. The molecule has 0 radical (unpaired) electrons. The van der Waals surface area contributed by atoms with Crippen molar-refractivity contribution in [3.63, 3.8) is 0 Å². The topological polar surface area (TPSA) is 90.9 Å². The predicted molar refractivity (Wildman–Crippen MR) is 110 cm³/mol. The average Bonchev–Trinajstić information content (AvgIpc) is 3.07. The molecule has 0 saturated carbocycles. The van der Waals surface area contributed by atoms with Gasteiger partial charge in [-0.1, -0.05) is 17.3 Å². The first-order valence-corrected chi connectivity index (χ1v) is 9.65. The molecule has 3 aromatic rings. The first-order chi connectivity index (χ1) is 13.6. The van der Waals surface area contributed by atoms with E-state index in [1.54, 1.807) is 4.68 Å². The van der Waals surface area contributed by atoms with Crippen LogP contribution in [0.25, 0.3) is 11.3 Å². The van der Waals surface area contributed by atoms with Gasteiger partial charge in [0.1, 0.15) is 0 Å². The Hall–Kier alpha value is -2.93. The van der Waals surface area contributed by atoms with Gasteiger partial charge in [-0.15, -0.1) is 5.10 Å². The van der Waals surface area contributed by atoms with Gasteiger partial charge in [0.2, 0.25) is 0 Å². The van der Waals surface area contributed by atoms with Gasteiger partial charge in [-0.25, -0.2) is 4.68 Å². The van der Waals surface area contributed by atoms with E-state index >= 15 is 0 Å². The molecule has 7 nitrogen and oxygen atoms in total. The van der Waals surface area contributed by atoms with Crippen molar-refractivity contribution in [3.05, 3.63) is 54.0 Å². The summed E-state index contributed by atoms with van der Waals surface area (Å²) >= 11 is 0. The zero-order chi connectivity index (χ0) is 19.5. The van der Waals surface area contributed by atoms with Crippen LogP contribution in [0.4, 0.5) is 11.4 Å². The lowest BCUT2D eigenvalue weighted by Crippen LogP contribution is -2.28. The molecule has 1 aliphatic rings. The Balaban J connectivity index is 1.69. The van der Waals surface area contributed by atoms with Crippen molar-refractivity contribution in [1.82, 2.24) is 20.0 Å². The summed E-state index contributed by atoms with van der Waals surface area (Å²) in [6, 6.07) is 12.1. The highest BCUT2D eigenvalue weighted by atomic mass is 16.5. The van der Waals surface area contributed by atoms with Crippen molar-refractivity contribution in [2.45, 2.75) is 25.8 Å². The molecule has 1 atom stereocenters. The van der Waals surface area contributed by atoms with Crippen LogP contribution in [0.3, 0.4) is 0 Å². The van der Waals surface area contributed by atoms with Crippen molar-refractivity contribution < 1.29 is 4.74 Å². The standard InChI is InChI=1S/C21H26N6O/c1-14-21(27(2)26-25-14)16-6-7-17(22)19(13-16)24-20(15-8-11-28-12-9-15)18-5-3-4-10-23-18/h3-7,10,13,15,20,24H,8-9,11-12,22H2,1-2H3. The number of nitrogen functional groups attached to an aromatic ring is 1. The van der Waals surface area contributed by atoms with Gasteiger partial charge in [-0.05, 0) is 49.9 Å². The first kappa shape index (κ1) is 18.4. The predicted octanol–water partition coefficient (Wildman–Crippen LogP) is 3.35. The number of nitrogens with two attached hydrogens (primary N) is 1. The molecule has 1 fully saturated rings. The van der Waals surface area contributed by atoms with Crippen LogP contribution in [0.2, 0.25) is 0 Å². The second-order valence-corrected chi connectivity index (χ2v) is 7.28. The minimum absolute atomic E-state index is 0.0772. The van der Waals surface area contributed by atoms with Crippen molar-refractivity contribution >= 4 is 11.4 Å². The van der Waals surface area contributed by atoms with Gasteiger partial charge < -0.3 is 15.8 Å². The number of benzene rings is 1. The zero-order valence-electron chi connectivity index (χ0n) is 16.3. The largest absolute Gasteiger partial charge is 0.397 e. The molecule has 1 saturated heterocycles. The Kier molecular flexibility index (Phi) is 5.25. The summed E-state index contributed by atoms with van der Waals surface area (Å²) in [5, 5.41) is 12.0. The fourth-order valence-electron chi connectivity index (χ4n) is 3.89. The molecule has 0 bridgehead atoms. The Morgan fingerprint density at radius 1 is 1.21 bits per heavy atom. The summed E-state index contributed by atoms with van der Waals surface area (Å²) in [6.07, 6.45) is 3.84. The number of nitrogens with one attached hydrogen (secondary N) is 1. The molecule has 7 heteroatoms. The zero-order valence-corrected chi connectivity index (χ0v) is 16.3. The monoisotopic (exact) mass is 378 g/mol. The number of pyridine rings is 1. The number of nitrogens with zero attached hydrogens (tertiary/aromatic N) is 4. The summed E-state index contributed by atoms with van der Waals surface area (Å²) in [5.41, 5.74) is 11.9. The molecule has 0 amide bonds. The van der Waals surface area contributed by atoms with E-state index in [4.69, 9.17) is 10.5 Å². The molecule has 1 aliphatic heterocycles. The Morgan fingerprint density at radius 2 is 2.04 bits per heavy atom. The second-order valence-electron chi connectivity index (χ2n) is 7.28. The van der Waals surface area contributed by atoms with Gasteiger partial charge in [-0.2, -0.15) is 0 Å². The SMILES string of the molecule is Cc1nnn(C)c1-c1ccc(N)c(NC(c2ccccn2)C2CCOCC2)c1. The van der Waals surface area contributed by atoms with E-state index in [0.717, 1.165) is 54.4 Å². The third-order valence-corrected chi connectivity index (χ3v) is 5.38. The van der Waals surface area contributed by atoms with Gasteiger partial charge in [0.15, 0.2) is 0 Å². The average molecular weight is 378 g/mol. The van der Waals surface area contributed by atoms with E-state index in [1.807, 2.05) is 44.4 Å². The van der Waals surface area contributed by atoms with Gasteiger partial charge >= 0.3 is 0 Å². The number of hydrogen-bond donors (Lipinski definition) is 2. The Morgan fingerprint density at radius 3 is 2.71 bits per heavy atom. The summed E-state index contributed by atoms with van der Waals surface area (Å²) in [6.45, 7) is 3.53. The van der Waals surface area contributed by atoms with Crippen molar-refractivity contribution in [2.75, 3.05) is 24.3 Å². The van der Waals surface area contributed by atoms with Crippen molar-refractivity contribution in [2.24, 2.45) is 13.0 Å². The minimum Gasteiger partial charge on any atom is -0.397 e. The fraction of sp³-hybridized carbons (Fsp3) is 0.381. The van der Waals surface area contributed by atoms with E-state index < -0.39 is 0 Å². The number of rotatable bonds is 5. The van der Waals surface area contributed by atoms with Crippen molar-refractivity contribution in [1.29, 1.82) is 0 Å². The van der Waals surface area contributed by atoms with E-state index in [9.17, 15) is 0 Å². The highest BCUT2D eigenvalue weighted by Gasteiger charge is 2.27. The highest BCUT2D eigenvalue weighted by molar-refractivity contribution is 5.76. The van der Waals surface area contributed by atoms with E-state index in [0.29, 0.717) is 11.6 Å². The normalized spacial score (nSPS) is 16.1. The third-order valence-electron chi connectivity index (χ3n) is 5.38. The molecule has 3 heterocycles. The van der Waals surface area contributed by atoms with Crippen LogP contribution in [0.5, 0.6) is 0 Å². The van der Waals surface area contributed by atoms with Crippen LogP contribution in [0, 0.1) is 12.8 Å². The maximum absolute atomic E-state index is 6.33. The molecular formula is C21H26N6O. The van der Waals surface area contributed by atoms with Crippen LogP contribution in [-0.2, 0) is 11.8 Å². The molecule has 3 N–H and O–H groups in total. The number of aromatic nitrogens is 4. The summed E-state index contributed by atoms with van der Waals surface area (Å²) in [5.74, 6) is 0.437. The molecule has 0 aliphatic carbocycles. The molecule has 4 rings (SSSR count). The molecular weight excluding hydrogens is 352 g/mol. The van der Waals surface area contributed by atoms with E-state index in [-0.39, 0.29) is 6.04 Å². The molecule has 0 spiro atoms. The summed E-state index contributed by atoms with van der Waals surface area (Å²) in [7, 11) is 1.90. The van der Waals surface area contributed by atoms with Crippen molar-refractivity contribution in [3.8, 4) is 11.3 Å². The Labute approximate surface area is 164 Å². The molecule has 1 unspecified atom stereocenters. The molecule has 2 aromatic heterocycles. The van der Waals surface area contributed by atoms with Crippen LogP contribution in [0.1, 0.15) is 30.3 Å². The second kappa shape index (κ2) is 7.98. The number of hydrogen-bond acceptors (Lipinski definition) is 6. The molecule has 1 aromatic carbocycles. The van der Waals surface area contributed by atoms with Gasteiger partial charge in [0, 0.05) is 32.0 Å². The van der Waals surface area contributed by atoms with E-state index in [1.165, 1.54) is 0 Å².